The van der Waals surface area contributed by atoms with Crippen LogP contribution in [-0.4, -0.2) is 35.6 Å². The number of hydrogen-bond acceptors (Lipinski definition) is 2. The Morgan fingerprint density at radius 2 is 2.00 bits per heavy atom. The molecule has 1 aliphatic rings. The van der Waals surface area contributed by atoms with E-state index in [1.807, 2.05) is 0 Å². The SMILES string of the molecule is CN(CC1CCCC1O)C(=O)c1c(F)cc(Br)cc1F. The van der Waals surface area contributed by atoms with Crippen molar-refractivity contribution in [2.45, 2.75) is 25.4 Å². The summed E-state index contributed by atoms with van der Waals surface area (Å²) in [6.07, 6.45) is 2.01. The maximum atomic E-state index is 13.7. The summed E-state index contributed by atoms with van der Waals surface area (Å²) in [7, 11) is 1.49. The number of aliphatic hydroxyl groups excluding tert-OH is 1. The lowest BCUT2D eigenvalue weighted by Crippen LogP contribution is -2.35. The van der Waals surface area contributed by atoms with Crippen molar-refractivity contribution in [3.05, 3.63) is 33.8 Å². The molecule has 2 rings (SSSR count). The van der Waals surface area contributed by atoms with Crippen molar-refractivity contribution in [3.8, 4) is 0 Å². The lowest BCUT2D eigenvalue weighted by atomic mass is 10.0. The van der Waals surface area contributed by atoms with Gasteiger partial charge < -0.3 is 10.0 Å². The molecular weight excluding hydrogens is 332 g/mol. The van der Waals surface area contributed by atoms with Crippen molar-refractivity contribution < 1.29 is 18.7 Å². The van der Waals surface area contributed by atoms with E-state index in [2.05, 4.69) is 15.9 Å². The molecule has 0 aromatic heterocycles. The normalized spacial score (nSPS) is 22.1. The highest BCUT2D eigenvalue weighted by atomic mass is 79.9. The van der Waals surface area contributed by atoms with E-state index in [4.69, 9.17) is 0 Å². The third-order valence-electron chi connectivity index (χ3n) is 3.69. The fraction of sp³-hybridized carbons (Fsp3) is 0.500. The van der Waals surface area contributed by atoms with E-state index in [1.165, 1.54) is 11.9 Å². The van der Waals surface area contributed by atoms with Crippen LogP contribution < -0.4 is 0 Å². The van der Waals surface area contributed by atoms with Crippen LogP contribution in [0.4, 0.5) is 8.78 Å². The Labute approximate surface area is 124 Å². The quantitative estimate of drug-likeness (QED) is 0.913. The van der Waals surface area contributed by atoms with Gasteiger partial charge in [0.1, 0.15) is 17.2 Å². The van der Waals surface area contributed by atoms with Crippen LogP contribution in [0.15, 0.2) is 16.6 Å². The third kappa shape index (κ3) is 3.17. The summed E-state index contributed by atoms with van der Waals surface area (Å²) in [6.45, 7) is 0.301. The molecule has 0 spiro atoms. The zero-order valence-electron chi connectivity index (χ0n) is 11.1. The maximum Gasteiger partial charge on any atom is 0.259 e. The number of aliphatic hydroxyl groups is 1. The van der Waals surface area contributed by atoms with E-state index >= 15 is 0 Å². The molecule has 1 aliphatic carbocycles. The summed E-state index contributed by atoms with van der Waals surface area (Å²) in [5.41, 5.74) is -0.553. The van der Waals surface area contributed by atoms with E-state index in [-0.39, 0.29) is 10.4 Å². The lowest BCUT2D eigenvalue weighted by molar-refractivity contribution is 0.0685. The van der Waals surface area contributed by atoms with E-state index in [1.54, 1.807) is 0 Å². The fourth-order valence-corrected chi connectivity index (χ4v) is 3.00. The maximum absolute atomic E-state index is 13.7. The van der Waals surface area contributed by atoms with Crippen LogP contribution in [0.25, 0.3) is 0 Å². The average Bonchev–Trinajstić information content (AvgIpc) is 2.73. The molecule has 2 unspecified atom stereocenters. The molecule has 1 amide bonds. The fourth-order valence-electron chi connectivity index (χ4n) is 2.60. The zero-order chi connectivity index (χ0) is 14.9. The number of amides is 1. The van der Waals surface area contributed by atoms with Gasteiger partial charge in [0.15, 0.2) is 0 Å². The molecule has 0 radical (unpaired) electrons. The van der Waals surface area contributed by atoms with Gasteiger partial charge in [-0.15, -0.1) is 0 Å². The number of hydrogen-bond donors (Lipinski definition) is 1. The summed E-state index contributed by atoms with van der Waals surface area (Å²) in [6, 6.07) is 2.13. The van der Waals surface area contributed by atoms with Gasteiger partial charge in [0.05, 0.1) is 6.10 Å². The topological polar surface area (TPSA) is 40.5 Å². The second-order valence-corrected chi connectivity index (χ2v) is 6.10. The predicted octanol–water partition coefficient (Wildman–Crippen LogP) is 2.96. The number of halogens is 3. The largest absolute Gasteiger partial charge is 0.393 e. The Kier molecular flexibility index (Phi) is 4.75. The van der Waals surface area contributed by atoms with Crippen molar-refractivity contribution in [3.63, 3.8) is 0 Å². The summed E-state index contributed by atoms with van der Waals surface area (Å²) in [5, 5.41) is 9.74. The van der Waals surface area contributed by atoms with E-state index in [0.29, 0.717) is 13.0 Å². The Morgan fingerprint density at radius 1 is 1.40 bits per heavy atom. The summed E-state index contributed by atoms with van der Waals surface area (Å²) in [5.74, 6) is -2.50. The molecule has 110 valence electrons. The molecule has 1 saturated carbocycles. The van der Waals surface area contributed by atoms with Gasteiger partial charge in [-0.3, -0.25) is 4.79 Å². The number of nitrogens with zero attached hydrogens (tertiary/aromatic N) is 1. The standard InChI is InChI=1S/C14H16BrF2NO2/c1-18(7-8-3-2-4-12(8)19)14(20)13-10(16)5-9(15)6-11(13)17/h5-6,8,12,19H,2-4,7H2,1H3. The van der Waals surface area contributed by atoms with Crippen LogP contribution in [0.1, 0.15) is 29.6 Å². The minimum atomic E-state index is -0.888. The molecule has 1 N–H and O–H groups in total. The monoisotopic (exact) mass is 347 g/mol. The van der Waals surface area contributed by atoms with Crippen LogP contribution in [0, 0.1) is 17.6 Å². The molecular formula is C14H16BrF2NO2. The van der Waals surface area contributed by atoms with Gasteiger partial charge in [0.2, 0.25) is 0 Å². The van der Waals surface area contributed by atoms with Gasteiger partial charge >= 0.3 is 0 Å². The molecule has 0 heterocycles. The Bertz CT molecular complexity index is 501. The van der Waals surface area contributed by atoms with Crippen molar-refractivity contribution in [2.24, 2.45) is 5.92 Å². The van der Waals surface area contributed by atoms with Crippen LogP contribution in [0.3, 0.4) is 0 Å². The summed E-state index contributed by atoms with van der Waals surface area (Å²) >= 11 is 2.97. The van der Waals surface area contributed by atoms with Crippen LogP contribution in [-0.2, 0) is 0 Å². The third-order valence-corrected chi connectivity index (χ3v) is 4.15. The summed E-state index contributed by atoms with van der Waals surface area (Å²) in [4.78, 5) is 13.4. The van der Waals surface area contributed by atoms with Crippen molar-refractivity contribution in [1.82, 2.24) is 4.90 Å². The molecule has 1 aromatic carbocycles. The number of carbonyl (C=O) groups excluding carboxylic acids is 1. The molecule has 0 aliphatic heterocycles. The van der Waals surface area contributed by atoms with Gasteiger partial charge in [-0.1, -0.05) is 22.4 Å². The number of benzene rings is 1. The molecule has 6 heteroatoms. The lowest BCUT2D eigenvalue weighted by Gasteiger charge is -2.23. The Morgan fingerprint density at radius 3 is 2.50 bits per heavy atom. The Hall–Kier alpha value is -1.01. The molecule has 0 bridgehead atoms. The van der Waals surface area contributed by atoms with Crippen LogP contribution >= 0.6 is 15.9 Å². The van der Waals surface area contributed by atoms with Gasteiger partial charge in [0, 0.05) is 24.0 Å². The summed E-state index contributed by atoms with van der Waals surface area (Å²) < 4.78 is 27.7. The molecule has 2 atom stereocenters. The van der Waals surface area contributed by atoms with Crippen LogP contribution in [0.2, 0.25) is 0 Å². The average molecular weight is 348 g/mol. The molecule has 3 nitrogen and oxygen atoms in total. The molecule has 1 fully saturated rings. The van der Waals surface area contributed by atoms with Crippen molar-refractivity contribution in [1.29, 1.82) is 0 Å². The van der Waals surface area contributed by atoms with Gasteiger partial charge in [-0.25, -0.2) is 8.78 Å². The first-order valence-electron chi connectivity index (χ1n) is 6.48. The first-order valence-corrected chi connectivity index (χ1v) is 7.27. The highest BCUT2D eigenvalue weighted by Crippen LogP contribution is 2.27. The first kappa shape index (κ1) is 15.4. The molecule has 1 aromatic rings. The molecule has 0 saturated heterocycles. The minimum Gasteiger partial charge on any atom is -0.393 e. The zero-order valence-corrected chi connectivity index (χ0v) is 12.7. The van der Waals surface area contributed by atoms with E-state index < -0.39 is 29.2 Å². The van der Waals surface area contributed by atoms with Crippen molar-refractivity contribution in [2.75, 3.05) is 13.6 Å². The van der Waals surface area contributed by atoms with Gasteiger partial charge in [0.25, 0.3) is 5.91 Å². The molecule has 20 heavy (non-hydrogen) atoms. The van der Waals surface area contributed by atoms with Gasteiger partial charge in [-0.2, -0.15) is 0 Å². The van der Waals surface area contributed by atoms with E-state index in [9.17, 15) is 18.7 Å². The second-order valence-electron chi connectivity index (χ2n) is 5.19. The Balaban J connectivity index is 2.14. The van der Waals surface area contributed by atoms with Crippen molar-refractivity contribution >= 4 is 21.8 Å². The second kappa shape index (κ2) is 6.18. The highest BCUT2D eigenvalue weighted by Gasteiger charge is 2.29. The first-order chi connectivity index (χ1) is 9.40. The highest BCUT2D eigenvalue weighted by molar-refractivity contribution is 9.10. The predicted molar refractivity (Wildman–Crippen MR) is 74.4 cm³/mol. The smallest absolute Gasteiger partial charge is 0.259 e. The van der Waals surface area contributed by atoms with Crippen LogP contribution in [0.5, 0.6) is 0 Å². The van der Waals surface area contributed by atoms with Gasteiger partial charge in [-0.05, 0) is 25.0 Å². The minimum absolute atomic E-state index is 0.0227. The van der Waals surface area contributed by atoms with E-state index in [0.717, 1.165) is 25.0 Å². The number of carbonyl (C=O) groups is 1. The number of rotatable bonds is 3.